The van der Waals surface area contributed by atoms with Gasteiger partial charge in [-0.1, -0.05) is 33.1 Å². The van der Waals surface area contributed by atoms with Crippen molar-refractivity contribution < 1.29 is 9.84 Å². The quantitative estimate of drug-likeness (QED) is 0.201. The number of nitrogens with one attached hydrogen (secondary N) is 3. The molecule has 0 amide bonds. The fraction of sp³-hybridized carbons (Fsp3) is 0.750. The molecule has 1 aromatic heterocycles. The van der Waals surface area contributed by atoms with Gasteiger partial charge in [-0.3, -0.25) is 0 Å². The minimum absolute atomic E-state index is 0.190. The molecule has 0 aromatic carbocycles. The van der Waals surface area contributed by atoms with Crippen LogP contribution in [0.4, 0.5) is 17.3 Å². The Balaban J connectivity index is 1.88. The molecule has 8 heteroatoms. The molecule has 1 aliphatic carbocycles. The van der Waals surface area contributed by atoms with Crippen LogP contribution in [-0.4, -0.2) is 46.0 Å². The smallest absolute Gasteiger partial charge is 0.209 e. The van der Waals surface area contributed by atoms with Crippen LogP contribution in [0.25, 0.3) is 0 Å². The van der Waals surface area contributed by atoms with Crippen LogP contribution >= 0.6 is 22.9 Å². The van der Waals surface area contributed by atoms with Crippen LogP contribution in [0.5, 0.6) is 0 Å². The van der Waals surface area contributed by atoms with Crippen molar-refractivity contribution in [1.82, 2.24) is 9.97 Å². The van der Waals surface area contributed by atoms with Crippen molar-refractivity contribution in [2.24, 2.45) is 5.92 Å². The lowest BCUT2D eigenvalue weighted by Gasteiger charge is -2.31. The van der Waals surface area contributed by atoms with Gasteiger partial charge in [0, 0.05) is 19.2 Å². The normalized spacial score (nSPS) is 25.7. The molecule has 1 saturated carbocycles. The van der Waals surface area contributed by atoms with E-state index in [4.69, 9.17) is 14.7 Å². The molecule has 3 atom stereocenters. The first kappa shape index (κ1) is 25.3. The van der Waals surface area contributed by atoms with Crippen molar-refractivity contribution in [2.45, 2.75) is 96.3 Å². The molecule has 0 radical (unpaired) electrons. The standard InChI is InChI=1S/C24H38IN5O2/c1-4-18(5-2)27-23-21(30-25)22(26-16-19-10-6-7-14-32-19)28-20(29-23)11-13-24(31)12-8-9-17(3)15-24/h17-19,30-31H,4-10,12,14-16H2,1-3H3,(H2,26,27,28,29)/t17-,19?,24-/m1/s1. The maximum Gasteiger partial charge on any atom is 0.209 e. The number of aliphatic hydroxyl groups is 1. The molecular formula is C24H38IN5O2. The van der Waals surface area contributed by atoms with Gasteiger partial charge in [0.2, 0.25) is 5.82 Å². The lowest BCUT2D eigenvalue weighted by Crippen LogP contribution is -2.32. The molecule has 0 spiro atoms. The van der Waals surface area contributed by atoms with Crippen LogP contribution in [0.1, 0.15) is 84.4 Å². The Kier molecular flexibility index (Phi) is 9.68. The number of hydrogen-bond acceptors (Lipinski definition) is 7. The lowest BCUT2D eigenvalue weighted by molar-refractivity contribution is 0.0247. The minimum Gasteiger partial charge on any atom is -0.378 e. The summed E-state index contributed by atoms with van der Waals surface area (Å²) >= 11 is 2.13. The Bertz CT molecular complexity index is 802. The third kappa shape index (κ3) is 7.09. The zero-order chi connectivity index (χ0) is 23.0. The molecule has 2 fully saturated rings. The topological polar surface area (TPSA) is 91.3 Å². The van der Waals surface area contributed by atoms with E-state index in [9.17, 15) is 5.11 Å². The summed E-state index contributed by atoms with van der Waals surface area (Å²) in [4.78, 5) is 9.44. The summed E-state index contributed by atoms with van der Waals surface area (Å²) in [5.74, 6) is 8.55. The van der Waals surface area contributed by atoms with Crippen LogP contribution < -0.4 is 14.2 Å². The van der Waals surface area contributed by atoms with Gasteiger partial charge in [0.25, 0.3) is 0 Å². The van der Waals surface area contributed by atoms with Gasteiger partial charge in [0.15, 0.2) is 11.6 Å². The number of aromatic nitrogens is 2. The van der Waals surface area contributed by atoms with Gasteiger partial charge >= 0.3 is 0 Å². The van der Waals surface area contributed by atoms with Crippen molar-refractivity contribution >= 4 is 40.2 Å². The van der Waals surface area contributed by atoms with Crippen LogP contribution in [0.15, 0.2) is 0 Å². The number of hydrogen-bond donors (Lipinski definition) is 4. The van der Waals surface area contributed by atoms with E-state index in [2.05, 4.69) is 69.6 Å². The second-order valence-corrected chi connectivity index (χ2v) is 9.76. The largest absolute Gasteiger partial charge is 0.378 e. The average Bonchev–Trinajstić information content (AvgIpc) is 2.80. The molecule has 0 bridgehead atoms. The summed E-state index contributed by atoms with van der Waals surface area (Å²) in [5, 5.41) is 18.0. The van der Waals surface area contributed by atoms with Gasteiger partial charge in [0.1, 0.15) is 11.3 Å². The Morgan fingerprint density at radius 3 is 2.62 bits per heavy atom. The van der Waals surface area contributed by atoms with E-state index in [0.717, 1.165) is 56.6 Å². The molecule has 1 aromatic rings. The molecule has 32 heavy (non-hydrogen) atoms. The molecule has 1 aliphatic heterocycles. The molecule has 4 N–H and O–H groups in total. The van der Waals surface area contributed by atoms with E-state index in [1.807, 2.05) is 0 Å². The van der Waals surface area contributed by atoms with E-state index in [1.54, 1.807) is 0 Å². The first-order valence-electron chi connectivity index (χ1n) is 12.1. The van der Waals surface area contributed by atoms with Gasteiger partial charge in [-0.15, -0.1) is 0 Å². The van der Waals surface area contributed by atoms with E-state index in [-0.39, 0.29) is 6.10 Å². The summed E-state index contributed by atoms with van der Waals surface area (Å²) in [5.41, 5.74) is -0.128. The summed E-state index contributed by atoms with van der Waals surface area (Å²) in [7, 11) is 0. The van der Waals surface area contributed by atoms with Crippen molar-refractivity contribution in [3.63, 3.8) is 0 Å². The second kappa shape index (κ2) is 12.2. The highest BCUT2D eigenvalue weighted by Gasteiger charge is 2.30. The average molecular weight is 556 g/mol. The van der Waals surface area contributed by atoms with Crippen LogP contribution in [0.2, 0.25) is 0 Å². The lowest BCUT2D eigenvalue weighted by atomic mass is 9.79. The Labute approximate surface area is 206 Å². The minimum atomic E-state index is -0.951. The predicted octanol–water partition coefficient (Wildman–Crippen LogP) is 5.11. The molecule has 1 saturated heterocycles. The number of anilines is 3. The summed E-state index contributed by atoms with van der Waals surface area (Å²) in [6, 6.07) is 0.312. The van der Waals surface area contributed by atoms with Crippen LogP contribution in [0.3, 0.4) is 0 Å². The van der Waals surface area contributed by atoms with Gasteiger partial charge < -0.3 is 24.0 Å². The fourth-order valence-electron chi connectivity index (χ4n) is 4.51. The van der Waals surface area contributed by atoms with Gasteiger partial charge in [-0.25, -0.2) is 9.97 Å². The summed E-state index contributed by atoms with van der Waals surface area (Å²) < 4.78 is 9.11. The first-order chi connectivity index (χ1) is 15.5. The van der Waals surface area contributed by atoms with E-state index in [0.29, 0.717) is 43.0 Å². The van der Waals surface area contributed by atoms with Crippen molar-refractivity contribution in [3.05, 3.63) is 5.82 Å². The maximum absolute atomic E-state index is 10.9. The molecular weight excluding hydrogens is 517 g/mol. The van der Waals surface area contributed by atoms with E-state index < -0.39 is 5.60 Å². The molecule has 1 unspecified atom stereocenters. The molecule has 2 heterocycles. The molecule has 7 nitrogen and oxygen atoms in total. The summed E-state index contributed by atoms with van der Waals surface area (Å²) in [6.07, 6.45) is 9.14. The zero-order valence-electron chi connectivity index (χ0n) is 19.6. The van der Waals surface area contributed by atoms with Gasteiger partial charge in [-0.05, 0) is 63.2 Å². The van der Waals surface area contributed by atoms with E-state index >= 15 is 0 Å². The van der Waals surface area contributed by atoms with Crippen molar-refractivity contribution in [2.75, 3.05) is 27.3 Å². The second-order valence-electron chi connectivity index (χ2n) is 9.22. The molecule has 3 rings (SSSR count). The monoisotopic (exact) mass is 555 g/mol. The number of rotatable bonds is 8. The Morgan fingerprint density at radius 2 is 1.97 bits per heavy atom. The highest BCUT2D eigenvalue weighted by molar-refractivity contribution is 14.1. The van der Waals surface area contributed by atoms with Crippen molar-refractivity contribution in [3.8, 4) is 11.8 Å². The maximum atomic E-state index is 10.9. The third-order valence-corrected chi connectivity index (χ3v) is 7.02. The third-order valence-electron chi connectivity index (χ3n) is 6.48. The number of nitrogens with zero attached hydrogens (tertiary/aromatic N) is 2. The molecule has 178 valence electrons. The van der Waals surface area contributed by atoms with Gasteiger partial charge in [0.05, 0.1) is 29.0 Å². The zero-order valence-corrected chi connectivity index (χ0v) is 21.8. The SMILES string of the molecule is CCC(CC)Nc1nc(C#C[C@]2(O)CCC[C@@H](C)C2)nc(NCC2CCCCO2)c1NI. The van der Waals surface area contributed by atoms with E-state index in [1.165, 1.54) is 6.42 Å². The van der Waals surface area contributed by atoms with Crippen molar-refractivity contribution in [1.29, 1.82) is 0 Å². The molecule has 2 aliphatic rings. The van der Waals surface area contributed by atoms with Crippen LogP contribution in [-0.2, 0) is 4.74 Å². The fourth-order valence-corrected chi connectivity index (χ4v) is 5.02. The predicted molar refractivity (Wildman–Crippen MR) is 139 cm³/mol. The number of halogens is 1. The Morgan fingerprint density at radius 1 is 1.19 bits per heavy atom. The highest BCUT2D eigenvalue weighted by atomic mass is 127. The van der Waals surface area contributed by atoms with Crippen LogP contribution in [0, 0.1) is 17.8 Å². The highest BCUT2D eigenvalue weighted by Crippen LogP contribution is 2.33. The number of ether oxygens (including phenoxy) is 1. The van der Waals surface area contributed by atoms with Gasteiger partial charge in [-0.2, -0.15) is 0 Å². The summed E-state index contributed by atoms with van der Waals surface area (Å²) in [6.45, 7) is 8.03. The Hall–Kier alpha value is -1.31. The first-order valence-corrected chi connectivity index (χ1v) is 13.2.